The molecular formula is CH5ClO3. The van der Waals surface area contributed by atoms with E-state index in [0.717, 1.165) is 0 Å². The highest BCUT2D eigenvalue weighted by Gasteiger charge is 1.22. The van der Waals surface area contributed by atoms with E-state index in [-0.39, 0.29) is 24.4 Å². The second-order valence-electron chi connectivity index (χ2n) is 0.105. The smallest absolute Gasteiger partial charge is 0.290 e. The van der Waals surface area contributed by atoms with Gasteiger partial charge in [0.2, 0.25) is 0 Å². The summed E-state index contributed by atoms with van der Waals surface area (Å²) in [6.45, 7) is -0.250. The number of hydrogen-bond donors (Lipinski definition) is 1. The fraction of sp³-hybridized carbons (Fsp3) is 0. The molecule has 0 heterocycles. The Bertz CT molecular complexity index is 14.4. The zero-order valence-corrected chi connectivity index (χ0v) is 3.16. The summed E-state index contributed by atoms with van der Waals surface area (Å²) in [5.74, 6) is 0. The van der Waals surface area contributed by atoms with Crippen molar-refractivity contribution in [3.8, 4) is 0 Å². The van der Waals surface area contributed by atoms with E-state index in [9.17, 15) is 0 Å². The zero-order valence-electron chi connectivity index (χ0n) is 2.34. The van der Waals surface area contributed by atoms with Crippen LogP contribution < -0.4 is 0 Å². The van der Waals surface area contributed by atoms with Gasteiger partial charge in [-0.15, -0.1) is 12.4 Å². The van der Waals surface area contributed by atoms with Crippen molar-refractivity contribution in [2.24, 2.45) is 0 Å². The molecule has 0 radical (unpaired) electrons. The number of carbonyl (C=O) groups is 1. The highest BCUT2D eigenvalue weighted by Crippen LogP contribution is 0.966. The van der Waals surface area contributed by atoms with E-state index in [1.807, 2.05) is 0 Å². The van der Waals surface area contributed by atoms with E-state index in [4.69, 9.17) is 9.90 Å². The lowest BCUT2D eigenvalue weighted by molar-refractivity contribution is -0.122. The van der Waals surface area contributed by atoms with E-state index in [2.05, 4.69) is 0 Å². The van der Waals surface area contributed by atoms with Crippen LogP contribution in [0.25, 0.3) is 0 Å². The van der Waals surface area contributed by atoms with Crippen molar-refractivity contribution in [2.45, 2.75) is 0 Å². The van der Waals surface area contributed by atoms with Crippen LogP contribution in [0.2, 0.25) is 0 Å². The predicted molar refractivity (Wildman–Crippen MR) is 19.6 cm³/mol. The minimum absolute atomic E-state index is 0. The minimum Gasteiger partial charge on any atom is -0.483 e. The molecule has 4 heteroatoms. The van der Waals surface area contributed by atoms with Crippen LogP contribution in [-0.2, 0) is 4.79 Å². The van der Waals surface area contributed by atoms with E-state index in [0.29, 0.717) is 0 Å². The second kappa shape index (κ2) is 53.1. The molecule has 0 bridgehead atoms. The van der Waals surface area contributed by atoms with Crippen LogP contribution in [0.15, 0.2) is 0 Å². The van der Waals surface area contributed by atoms with Crippen LogP contribution in [0, 0.1) is 0 Å². The van der Waals surface area contributed by atoms with Crippen LogP contribution >= 0.6 is 12.4 Å². The van der Waals surface area contributed by atoms with E-state index in [1.165, 1.54) is 0 Å². The largest absolute Gasteiger partial charge is 0.483 e. The van der Waals surface area contributed by atoms with Crippen LogP contribution in [0.1, 0.15) is 0 Å². The summed E-state index contributed by atoms with van der Waals surface area (Å²) in [6.07, 6.45) is 0. The quantitative estimate of drug-likeness (QED) is 0.409. The molecule has 0 rings (SSSR count). The zero-order chi connectivity index (χ0) is 2.71. The van der Waals surface area contributed by atoms with Crippen molar-refractivity contribution < 1.29 is 15.4 Å². The molecule has 0 aliphatic rings. The number of carboxylic acid groups (broad SMARTS) is 1. The van der Waals surface area contributed by atoms with Crippen LogP contribution in [0.3, 0.4) is 0 Å². The Balaban J connectivity index is -0.0000000200. The Morgan fingerprint density at radius 1 is 1.60 bits per heavy atom. The summed E-state index contributed by atoms with van der Waals surface area (Å²) in [5, 5.41) is 6.89. The van der Waals surface area contributed by atoms with Gasteiger partial charge in [0.25, 0.3) is 6.47 Å². The number of halogens is 1. The first kappa shape index (κ1) is 22.1. The molecule has 0 aliphatic heterocycles. The molecular weight excluding hydrogens is 95.5 g/mol. The molecule has 0 unspecified atom stereocenters. The average Bonchev–Trinajstić information content (AvgIpc) is 0.918. The van der Waals surface area contributed by atoms with Gasteiger partial charge in [0.1, 0.15) is 0 Å². The maximum atomic E-state index is 8.36. The maximum absolute atomic E-state index is 8.36. The Labute approximate surface area is 35.3 Å². The molecule has 3 N–H and O–H groups in total. The molecule has 0 aromatic rings. The van der Waals surface area contributed by atoms with Crippen molar-refractivity contribution in [2.75, 3.05) is 0 Å². The first-order valence-electron chi connectivity index (χ1n) is 0.494. The number of rotatable bonds is 0. The molecule has 0 saturated carbocycles. The fourth-order valence-corrected chi connectivity index (χ4v) is 0. The van der Waals surface area contributed by atoms with Gasteiger partial charge in [-0.1, -0.05) is 0 Å². The van der Waals surface area contributed by atoms with Crippen molar-refractivity contribution in [1.29, 1.82) is 0 Å². The predicted octanol–water partition coefficient (Wildman–Crippen LogP) is -0.702. The monoisotopic (exact) mass is 100.0 g/mol. The maximum Gasteiger partial charge on any atom is 0.290 e. The molecule has 0 aromatic carbocycles. The highest BCUT2D eigenvalue weighted by atomic mass is 35.5. The molecule has 5 heavy (non-hydrogen) atoms. The van der Waals surface area contributed by atoms with Gasteiger partial charge in [0.15, 0.2) is 0 Å². The lowest BCUT2D eigenvalue weighted by Crippen LogP contribution is -1.49. The van der Waals surface area contributed by atoms with E-state index >= 15 is 0 Å². The molecule has 0 saturated heterocycles. The first-order chi connectivity index (χ1) is 1.41. The third-order valence-corrected chi connectivity index (χ3v) is 0. The van der Waals surface area contributed by atoms with Crippen molar-refractivity contribution in [3.05, 3.63) is 0 Å². The van der Waals surface area contributed by atoms with Crippen LogP contribution in [-0.4, -0.2) is 17.1 Å². The molecule has 0 aliphatic carbocycles. The molecule has 0 spiro atoms. The lowest BCUT2D eigenvalue weighted by atomic mass is 11.7. The van der Waals surface area contributed by atoms with Gasteiger partial charge in [-0.3, -0.25) is 4.79 Å². The van der Waals surface area contributed by atoms with Crippen LogP contribution in [0.4, 0.5) is 0 Å². The van der Waals surface area contributed by atoms with Gasteiger partial charge in [-0.05, 0) is 0 Å². The van der Waals surface area contributed by atoms with E-state index < -0.39 is 0 Å². The van der Waals surface area contributed by atoms with Gasteiger partial charge in [-0.25, -0.2) is 0 Å². The Morgan fingerprint density at radius 2 is 1.60 bits per heavy atom. The first-order valence-corrected chi connectivity index (χ1v) is 0.494. The number of hydrogen-bond acceptors (Lipinski definition) is 1. The van der Waals surface area contributed by atoms with Gasteiger partial charge in [-0.2, -0.15) is 0 Å². The Morgan fingerprint density at radius 3 is 1.60 bits per heavy atom. The van der Waals surface area contributed by atoms with Crippen molar-refractivity contribution >= 4 is 18.9 Å². The van der Waals surface area contributed by atoms with Gasteiger partial charge in [0.05, 0.1) is 0 Å². The third kappa shape index (κ3) is 140. The summed E-state index contributed by atoms with van der Waals surface area (Å²) >= 11 is 0. The fourth-order valence-electron chi connectivity index (χ4n) is 0. The molecule has 0 amide bonds. The molecule has 34 valence electrons. The summed E-state index contributed by atoms with van der Waals surface area (Å²) in [7, 11) is 0. The van der Waals surface area contributed by atoms with Gasteiger partial charge >= 0.3 is 0 Å². The van der Waals surface area contributed by atoms with Gasteiger partial charge < -0.3 is 10.6 Å². The summed E-state index contributed by atoms with van der Waals surface area (Å²) in [5.41, 5.74) is 0. The van der Waals surface area contributed by atoms with E-state index in [1.54, 1.807) is 0 Å². The summed E-state index contributed by atoms with van der Waals surface area (Å²) < 4.78 is 0. The van der Waals surface area contributed by atoms with Gasteiger partial charge in [0, 0.05) is 0 Å². The summed E-state index contributed by atoms with van der Waals surface area (Å²) in [6, 6.07) is 0. The summed E-state index contributed by atoms with van der Waals surface area (Å²) in [4.78, 5) is 8.36. The standard InChI is InChI=1S/CH2O2.ClH.H2O/c2-1-3;;/h1H,(H,2,3);1H;1H2. The Kier molecular flexibility index (Phi) is 234. The topological polar surface area (TPSA) is 68.8 Å². The van der Waals surface area contributed by atoms with Crippen LogP contribution in [0.5, 0.6) is 0 Å². The Hall–Kier alpha value is -0.280. The normalized spacial score (nSPS) is 2.40. The van der Waals surface area contributed by atoms with Crippen molar-refractivity contribution in [1.82, 2.24) is 0 Å². The SMILES string of the molecule is Cl.O.O=CO. The second-order valence-corrected chi connectivity index (χ2v) is 0.105. The molecule has 0 atom stereocenters. The van der Waals surface area contributed by atoms with Crippen molar-refractivity contribution in [3.63, 3.8) is 0 Å². The highest BCUT2D eigenvalue weighted by molar-refractivity contribution is 5.85. The average molecular weight is 101 g/mol. The molecule has 3 nitrogen and oxygen atoms in total. The lowest BCUT2D eigenvalue weighted by Gasteiger charge is -1.34. The molecule has 0 fully saturated rings. The minimum atomic E-state index is -0.250. The molecule has 0 aromatic heterocycles. The third-order valence-electron chi connectivity index (χ3n) is 0.